The highest BCUT2D eigenvalue weighted by Gasteiger charge is 2.24. The van der Waals surface area contributed by atoms with Crippen LogP contribution in [0.3, 0.4) is 0 Å². The fourth-order valence-corrected chi connectivity index (χ4v) is 2.24. The molecule has 0 aliphatic carbocycles. The van der Waals surface area contributed by atoms with Gasteiger partial charge < -0.3 is 5.11 Å². The molecule has 0 aromatic heterocycles. The molecular formula is C13H17NO2. The largest absolute Gasteiger partial charge is 0.481 e. The number of hydrogen-bond acceptors (Lipinski definition) is 2. The van der Waals surface area contributed by atoms with Crippen molar-refractivity contribution in [2.24, 2.45) is 5.92 Å². The zero-order chi connectivity index (χ0) is 11.4. The van der Waals surface area contributed by atoms with Crippen LogP contribution in [0.5, 0.6) is 0 Å². The molecule has 3 heteroatoms. The Hall–Kier alpha value is -1.35. The Labute approximate surface area is 95.7 Å². The highest BCUT2D eigenvalue weighted by molar-refractivity contribution is 5.70. The summed E-state index contributed by atoms with van der Waals surface area (Å²) in [4.78, 5) is 13.2. The summed E-state index contributed by atoms with van der Waals surface area (Å²) in [5.74, 6) is -0.838. The number of nitrogens with zero attached hydrogens (tertiary/aromatic N) is 1. The SMILES string of the molecule is O=C(O)C1CCCN(Cc2ccccc2)C1. The average molecular weight is 219 g/mol. The van der Waals surface area contributed by atoms with Crippen LogP contribution >= 0.6 is 0 Å². The van der Waals surface area contributed by atoms with Gasteiger partial charge in [-0.3, -0.25) is 9.69 Å². The third-order valence-electron chi connectivity index (χ3n) is 3.10. The summed E-state index contributed by atoms with van der Waals surface area (Å²) in [6.45, 7) is 2.56. The molecule has 1 aromatic carbocycles. The minimum atomic E-state index is -0.655. The molecule has 1 aromatic rings. The molecule has 0 radical (unpaired) electrons. The van der Waals surface area contributed by atoms with Gasteiger partial charge in [-0.05, 0) is 24.9 Å². The van der Waals surface area contributed by atoms with Crippen molar-refractivity contribution in [1.82, 2.24) is 4.90 Å². The van der Waals surface area contributed by atoms with Crippen molar-refractivity contribution >= 4 is 5.97 Å². The van der Waals surface area contributed by atoms with E-state index in [1.54, 1.807) is 0 Å². The molecule has 1 heterocycles. The van der Waals surface area contributed by atoms with Gasteiger partial charge in [-0.15, -0.1) is 0 Å². The van der Waals surface area contributed by atoms with Crippen molar-refractivity contribution in [2.45, 2.75) is 19.4 Å². The summed E-state index contributed by atoms with van der Waals surface area (Å²) in [6.07, 6.45) is 1.81. The van der Waals surface area contributed by atoms with Crippen molar-refractivity contribution < 1.29 is 9.90 Å². The lowest BCUT2D eigenvalue weighted by Crippen LogP contribution is -2.38. The molecule has 2 rings (SSSR count). The molecule has 0 amide bonds. The quantitative estimate of drug-likeness (QED) is 0.845. The summed E-state index contributed by atoms with van der Waals surface area (Å²) in [5, 5.41) is 9.00. The Kier molecular flexibility index (Phi) is 3.57. The van der Waals surface area contributed by atoms with Crippen molar-refractivity contribution in [3.05, 3.63) is 35.9 Å². The molecule has 3 nitrogen and oxygen atoms in total. The summed E-state index contributed by atoms with van der Waals surface area (Å²) < 4.78 is 0. The molecule has 1 N–H and O–H groups in total. The highest BCUT2D eigenvalue weighted by atomic mass is 16.4. The molecule has 1 saturated heterocycles. The second-order valence-corrected chi connectivity index (χ2v) is 4.40. The second kappa shape index (κ2) is 5.12. The molecule has 1 fully saturated rings. The predicted molar refractivity (Wildman–Crippen MR) is 62.1 cm³/mol. The fraction of sp³-hybridized carbons (Fsp3) is 0.462. The normalized spacial score (nSPS) is 21.9. The maximum absolute atomic E-state index is 10.9. The van der Waals surface area contributed by atoms with Crippen LogP contribution in [-0.4, -0.2) is 29.1 Å². The first kappa shape index (κ1) is 11.1. The van der Waals surface area contributed by atoms with Gasteiger partial charge in [0.1, 0.15) is 0 Å². The van der Waals surface area contributed by atoms with Gasteiger partial charge in [-0.25, -0.2) is 0 Å². The smallest absolute Gasteiger partial charge is 0.307 e. The number of aliphatic carboxylic acids is 1. The van der Waals surface area contributed by atoms with Gasteiger partial charge in [0.05, 0.1) is 5.92 Å². The van der Waals surface area contributed by atoms with Gasteiger partial charge in [0, 0.05) is 13.1 Å². The zero-order valence-corrected chi connectivity index (χ0v) is 9.30. The number of carboxylic acid groups (broad SMARTS) is 1. The number of hydrogen-bond donors (Lipinski definition) is 1. The van der Waals surface area contributed by atoms with E-state index in [9.17, 15) is 4.79 Å². The summed E-state index contributed by atoms with van der Waals surface area (Å²) in [5.41, 5.74) is 1.26. The molecule has 86 valence electrons. The Morgan fingerprint density at radius 3 is 2.81 bits per heavy atom. The van der Waals surface area contributed by atoms with E-state index in [1.807, 2.05) is 18.2 Å². The highest BCUT2D eigenvalue weighted by Crippen LogP contribution is 2.18. The van der Waals surface area contributed by atoms with Crippen LogP contribution in [0.25, 0.3) is 0 Å². The van der Waals surface area contributed by atoms with Crippen molar-refractivity contribution in [3.63, 3.8) is 0 Å². The van der Waals surface area contributed by atoms with E-state index in [2.05, 4.69) is 17.0 Å². The number of carbonyl (C=O) groups is 1. The van der Waals surface area contributed by atoms with Crippen LogP contribution in [0.2, 0.25) is 0 Å². The van der Waals surface area contributed by atoms with Gasteiger partial charge in [0.15, 0.2) is 0 Å². The summed E-state index contributed by atoms with van der Waals surface area (Å²) in [7, 11) is 0. The fourth-order valence-electron chi connectivity index (χ4n) is 2.24. The Morgan fingerprint density at radius 2 is 2.12 bits per heavy atom. The molecule has 16 heavy (non-hydrogen) atoms. The van der Waals surface area contributed by atoms with Gasteiger partial charge in [-0.1, -0.05) is 30.3 Å². The standard InChI is InChI=1S/C13H17NO2/c15-13(16)12-7-4-8-14(10-12)9-11-5-2-1-3-6-11/h1-3,5-6,12H,4,7-10H2,(H,15,16). The van der Waals surface area contributed by atoms with Gasteiger partial charge in [0.25, 0.3) is 0 Å². The molecule has 0 saturated carbocycles. The van der Waals surface area contributed by atoms with E-state index in [1.165, 1.54) is 5.56 Å². The Bertz CT molecular complexity index is 350. The first-order valence-electron chi connectivity index (χ1n) is 5.75. The molecule has 0 spiro atoms. The zero-order valence-electron chi connectivity index (χ0n) is 9.30. The van der Waals surface area contributed by atoms with E-state index in [4.69, 9.17) is 5.11 Å². The minimum absolute atomic E-state index is 0.183. The van der Waals surface area contributed by atoms with E-state index in [-0.39, 0.29) is 5.92 Å². The number of benzene rings is 1. The Morgan fingerprint density at radius 1 is 1.38 bits per heavy atom. The first-order valence-corrected chi connectivity index (χ1v) is 5.75. The lowest BCUT2D eigenvalue weighted by atomic mass is 9.98. The maximum Gasteiger partial charge on any atom is 0.307 e. The molecule has 1 aliphatic heterocycles. The van der Waals surface area contributed by atoms with E-state index in [0.29, 0.717) is 6.54 Å². The number of likely N-dealkylation sites (tertiary alicyclic amines) is 1. The second-order valence-electron chi connectivity index (χ2n) is 4.40. The van der Waals surface area contributed by atoms with Gasteiger partial charge in [0.2, 0.25) is 0 Å². The third-order valence-corrected chi connectivity index (χ3v) is 3.10. The van der Waals surface area contributed by atoms with Crippen LogP contribution in [0.1, 0.15) is 18.4 Å². The van der Waals surface area contributed by atoms with Gasteiger partial charge in [-0.2, -0.15) is 0 Å². The first-order chi connectivity index (χ1) is 7.75. The summed E-state index contributed by atoms with van der Waals surface area (Å²) >= 11 is 0. The van der Waals surface area contributed by atoms with Crippen molar-refractivity contribution in [3.8, 4) is 0 Å². The molecule has 1 atom stereocenters. The molecule has 1 aliphatic rings. The predicted octanol–water partition coefficient (Wildman–Crippen LogP) is 1.98. The van der Waals surface area contributed by atoms with E-state index in [0.717, 1.165) is 25.9 Å². The van der Waals surface area contributed by atoms with Crippen LogP contribution in [0, 0.1) is 5.92 Å². The number of carboxylic acids is 1. The van der Waals surface area contributed by atoms with E-state index >= 15 is 0 Å². The van der Waals surface area contributed by atoms with Crippen LogP contribution in [0.15, 0.2) is 30.3 Å². The average Bonchev–Trinajstić information content (AvgIpc) is 2.30. The van der Waals surface area contributed by atoms with E-state index < -0.39 is 5.97 Å². The van der Waals surface area contributed by atoms with Crippen LogP contribution < -0.4 is 0 Å². The lowest BCUT2D eigenvalue weighted by molar-refractivity contribution is -0.143. The third kappa shape index (κ3) is 2.83. The number of piperidine rings is 1. The van der Waals surface area contributed by atoms with Crippen molar-refractivity contribution in [1.29, 1.82) is 0 Å². The monoisotopic (exact) mass is 219 g/mol. The summed E-state index contributed by atoms with van der Waals surface area (Å²) in [6, 6.07) is 10.2. The van der Waals surface area contributed by atoms with Crippen molar-refractivity contribution in [2.75, 3.05) is 13.1 Å². The van der Waals surface area contributed by atoms with Crippen LogP contribution in [0.4, 0.5) is 0 Å². The van der Waals surface area contributed by atoms with Crippen LogP contribution in [-0.2, 0) is 11.3 Å². The number of rotatable bonds is 3. The van der Waals surface area contributed by atoms with Gasteiger partial charge >= 0.3 is 5.97 Å². The lowest BCUT2D eigenvalue weighted by Gasteiger charge is -2.30. The Balaban J connectivity index is 1.93. The molecule has 1 unspecified atom stereocenters. The molecular weight excluding hydrogens is 202 g/mol. The topological polar surface area (TPSA) is 40.5 Å². The molecule has 0 bridgehead atoms. The maximum atomic E-state index is 10.9. The minimum Gasteiger partial charge on any atom is -0.481 e.